The Kier molecular flexibility index (Phi) is 10.2. The van der Waals surface area contributed by atoms with E-state index >= 15 is 0 Å². The van der Waals surface area contributed by atoms with E-state index in [1.165, 1.54) is 0 Å². The van der Waals surface area contributed by atoms with Crippen molar-refractivity contribution >= 4 is 17.7 Å². The first kappa shape index (κ1) is 22.3. The Balaban J connectivity index is 2.73. The van der Waals surface area contributed by atoms with E-state index in [0.717, 1.165) is 17.1 Å². The number of thioether (sulfide) groups is 1. The maximum absolute atomic E-state index is 11.0. The van der Waals surface area contributed by atoms with Crippen LogP contribution in [0.4, 0.5) is 0 Å². The highest BCUT2D eigenvalue weighted by Crippen LogP contribution is 2.26. The van der Waals surface area contributed by atoms with Gasteiger partial charge in [-0.2, -0.15) is 11.8 Å². The molecule has 0 saturated heterocycles. The Hall–Kier alpha value is -1.70. The van der Waals surface area contributed by atoms with Crippen LogP contribution in [0.1, 0.15) is 25.3 Å². The Morgan fingerprint density at radius 1 is 1.46 bits per heavy atom. The normalized spacial score (nSPS) is 14.3. The van der Waals surface area contributed by atoms with Crippen molar-refractivity contribution in [1.82, 2.24) is 0 Å². The highest BCUT2D eigenvalue weighted by molar-refractivity contribution is 7.98. The molecule has 0 bridgehead atoms. The van der Waals surface area contributed by atoms with E-state index < -0.39 is 18.2 Å². The average Bonchev–Trinajstić information content (AvgIpc) is 2.56. The third-order valence-electron chi connectivity index (χ3n) is 3.79. The van der Waals surface area contributed by atoms with Gasteiger partial charge in [0.1, 0.15) is 17.6 Å². The lowest BCUT2D eigenvalue weighted by atomic mass is 9.99. The number of primary amides is 1. The first-order chi connectivity index (χ1) is 12.4. The van der Waals surface area contributed by atoms with E-state index in [9.17, 15) is 9.90 Å². The number of hydrogen-bond acceptors (Lipinski definition) is 6. The standard InChI is InChI=1S/C19H30N2O4S/c1-4-5-14-12-15(24-8-9-26-3)6-7-17(14)25-19(21)16(22)10-13(2)11-18(20)23/h4,6-7,12-13,16,19,22H,1,5,8-11,21H2,2-3H3,(H2,20,23). The number of hydrogen-bond donors (Lipinski definition) is 3. The van der Waals surface area contributed by atoms with Gasteiger partial charge in [0.25, 0.3) is 0 Å². The molecule has 3 atom stereocenters. The van der Waals surface area contributed by atoms with Gasteiger partial charge in [-0.1, -0.05) is 13.0 Å². The minimum Gasteiger partial charge on any atom is -0.493 e. The number of rotatable bonds is 13. The second-order valence-electron chi connectivity index (χ2n) is 6.26. The molecule has 3 unspecified atom stereocenters. The monoisotopic (exact) mass is 382 g/mol. The fourth-order valence-corrected chi connectivity index (χ4v) is 2.77. The first-order valence-corrected chi connectivity index (χ1v) is 10.0. The summed E-state index contributed by atoms with van der Waals surface area (Å²) in [5.41, 5.74) is 12.0. The van der Waals surface area contributed by atoms with E-state index in [1.54, 1.807) is 23.9 Å². The maximum atomic E-state index is 11.0. The van der Waals surface area contributed by atoms with Crippen LogP contribution >= 0.6 is 11.8 Å². The molecule has 0 aliphatic carbocycles. The van der Waals surface area contributed by atoms with Gasteiger partial charge in [0, 0.05) is 17.7 Å². The molecule has 5 N–H and O–H groups in total. The third kappa shape index (κ3) is 8.12. The molecule has 1 rings (SSSR count). The van der Waals surface area contributed by atoms with Crippen LogP contribution in [0.25, 0.3) is 0 Å². The highest BCUT2D eigenvalue weighted by Gasteiger charge is 2.21. The van der Waals surface area contributed by atoms with E-state index in [-0.39, 0.29) is 12.3 Å². The summed E-state index contributed by atoms with van der Waals surface area (Å²) in [5, 5.41) is 10.2. The van der Waals surface area contributed by atoms with Crippen LogP contribution in [-0.4, -0.2) is 42.0 Å². The number of amides is 1. The number of benzene rings is 1. The molecule has 0 radical (unpaired) electrons. The summed E-state index contributed by atoms with van der Waals surface area (Å²) in [5.74, 6) is 1.78. The van der Waals surface area contributed by atoms with Crippen LogP contribution in [-0.2, 0) is 11.2 Å². The zero-order valence-corrected chi connectivity index (χ0v) is 16.3. The van der Waals surface area contributed by atoms with Crippen LogP contribution in [0.3, 0.4) is 0 Å². The molecule has 6 nitrogen and oxygen atoms in total. The molecular formula is C19H30N2O4S. The number of carbonyl (C=O) groups is 1. The predicted molar refractivity (Wildman–Crippen MR) is 106 cm³/mol. The Bertz CT molecular complexity index is 583. The molecule has 0 saturated carbocycles. The van der Waals surface area contributed by atoms with Crippen molar-refractivity contribution in [3.05, 3.63) is 36.4 Å². The highest BCUT2D eigenvalue weighted by atomic mass is 32.2. The molecule has 7 heteroatoms. The van der Waals surface area contributed by atoms with Crippen LogP contribution in [0.15, 0.2) is 30.9 Å². The van der Waals surface area contributed by atoms with Gasteiger partial charge >= 0.3 is 0 Å². The number of aliphatic hydroxyl groups excluding tert-OH is 1. The molecule has 26 heavy (non-hydrogen) atoms. The lowest BCUT2D eigenvalue weighted by molar-refractivity contribution is -0.119. The Morgan fingerprint density at radius 3 is 2.81 bits per heavy atom. The lowest BCUT2D eigenvalue weighted by Gasteiger charge is -2.24. The van der Waals surface area contributed by atoms with Crippen molar-refractivity contribution in [3.8, 4) is 11.5 Å². The fraction of sp³-hybridized carbons (Fsp3) is 0.526. The van der Waals surface area contributed by atoms with Gasteiger partial charge < -0.3 is 20.3 Å². The van der Waals surface area contributed by atoms with Crippen molar-refractivity contribution < 1.29 is 19.4 Å². The second kappa shape index (κ2) is 11.8. The molecular weight excluding hydrogens is 352 g/mol. The van der Waals surface area contributed by atoms with Gasteiger partial charge in [0.2, 0.25) is 5.91 Å². The largest absolute Gasteiger partial charge is 0.493 e. The van der Waals surface area contributed by atoms with Crippen LogP contribution < -0.4 is 20.9 Å². The summed E-state index contributed by atoms with van der Waals surface area (Å²) in [6.07, 6.45) is 3.11. The number of carbonyl (C=O) groups excluding carboxylic acids is 1. The Morgan fingerprint density at radius 2 is 2.19 bits per heavy atom. The summed E-state index contributed by atoms with van der Waals surface area (Å²) in [6, 6.07) is 5.50. The molecule has 0 spiro atoms. The SMILES string of the molecule is C=CCc1cc(OCCSC)ccc1OC(N)C(O)CC(C)CC(N)=O. The molecule has 0 aliphatic rings. The van der Waals surface area contributed by atoms with E-state index in [1.807, 2.05) is 25.3 Å². The maximum Gasteiger partial charge on any atom is 0.217 e. The van der Waals surface area contributed by atoms with E-state index in [4.69, 9.17) is 20.9 Å². The van der Waals surface area contributed by atoms with Gasteiger partial charge in [0.15, 0.2) is 6.23 Å². The van der Waals surface area contributed by atoms with Crippen LogP contribution in [0.2, 0.25) is 0 Å². The van der Waals surface area contributed by atoms with Gasteiger partial charge in [-0.3, -0.25) is 10.5 Å². The van der Waals surface area contributed by atoms with Crippen molar-refractivity contribution in [2.45, 2.75) is 38.5 Å². The number of ether oxygens (including phenoxy) is 2. The molecule has 1 aromatic rings. The van der Waals surface area contributed by atoms with E-state index in [0.29, 0.717) is 25.2 Å². The summed E-state index contributed by atoms with van der Waals surface area (Å²) in [6.45, 7) is 6.23. The third-order valence-corrected chi connectivity index (χ3v) is 4.36. The molecule has 0 aliphatic heterocycles. The minimum absolute atomic E-state index is 0.0722. The van der Waals surface area contributed by atoms with Crippen LogP contribution in [0, 0.1) is 5.92 Å². The van der Waals surface area contributed by atoms with Gasteiger partial charge in [0.05, 0.1) is 6.61 Å². The summed E-state index contributed by atoms with van der Waals surface area (Å²) in [7, 11) is 0. The molecule has 1 aromatic carbocycles. The Labute approximate surface area is 159 Å². The van der Waals surface area contributed by atoms with Crippen molar-refractivity contribution in [3.63, 3.8) is 0 Å². The molecule has 1 amide bonds. The predicted octanol–water partition coefficient (Wildman–Crippen LogP) is 2.08. The first-order valence-electron chi connectivity index (χ1n) is 8.61. The fourth-order valence-electron chi connectivity index (χ4n) is 2.52. The zero-order chi connectivity index (χ0) is 19.5. The minimum atomic E-state index is -0.905. The number of aliphatic hydroxyl groups is 1. The summed E-state index contributed by atoms with van der Waals surface area (Å²) < 4.78 is 11.4. The van der Waals surface area contributed by atoms with Gasteiger partial charge in [-0.15, -0.1) is 6.58 Å². The molecule has 146 valence electrons. The van der Waals surface area contributed by atoms with Gasteiger partial charge in [-0.05, 0) is 43.2 Å². The van der Waals surface area contributed by atoms with Gasteiger partial charge in [-0.25, -0.2) is 0 Å². The molecule has 0 aromatic heterocycles. The number of allylic oxidation sites excluding steroid dienone is 1. The second-order valence-corrected chi connectivity index (χ2v) is 7.25. The topological polar surface area (TPSA) is 108 Å². The van der Waals surface area contributed by atoms with E-state index in [2.05, 4.69) is 6.58 Å². The molecule has 0 heterocycles. The van der Waals surface area contributed by atoms with Crippen molar-refractivity contribution in [1.29, 1.82) is 0 Å². The summed E-state index contributed by atoms with van der Waals surface area (Å²) >= 11 is 1.72. The summed E-state index contributed by atoms with van der Waals surface area (Å²) in [4.78, 5) is 11.0. The van der Waals surface area contributed by atoms with Crippen molar-refractivity contribution in [2.75, 3.05) is 18.6 Å². The lowest BCUT2D eigenvalue weighted by Crippen LogP contribution is -2.41. The zero-order valence-electron chi connectivity index (χ0n) is 15.5. The smallest absolute Gasteiger partial charge is 0.217 e. The quantitative estimate of drug-likeness (QED) is 0.274. The molecule has 0 fully saturated rings. The van der Waals surface area contributed by atoms with Crippen LogP contribution in [0.5, 0.6) is 11.5 Å². The number of nitrogens with two attached hydrogens (primary N) is 2. The van der Waals surface area contributed by atoms with Crippen molar-refractivity contribution in [2.24, 2.45) is 17.4 Å². The average molecular weight is 383 g/mol.